The third kappa shape index (κ3) is 2.98. The first-order valence-corrected chi connectivity index (χ1v) is 6.42. The Hall–Kier alpha value is -2.31. The van der Waals surface area contributed by atoms with Crippen molar-refractivity contribution in [2.45, 2.75) is 18.8 Å². The number of ether oxygens (including phenoxy) is 1. The lowest BCUT2D eigenvalue weighted by atomic mass is 10.0. The Bertz CT molecular complexity index is 714. The molecular formula is C15H10F5NO. The molecule has 7 heteroatoms. The Kier molecular flexibility index (Phi) is 3.42. The molecule has 1 heterocycles. The third-order valence-electron chi connectivity index (χ3n) is 3.40. The van der Waals surface area contributed by atoms with Gasteiger partial charge in [0.15, 0.2) is 0 Å². The number of hydrogen-bond donors (Lipinski definition) is 1. The monoisotopic (exact) mass is 315 g/mol. The van der Waals surface area contributed by atoms with E-state index < -0.39 is 24.0 Å². The predicted octanol–water partition coefficient (Wildman–Crippen LogP) is 4.57. The first-order valence-electron chi connectivity index (χ1n) is 6.42. The largest absolute Gasteiger partial charge is 0.573 e. The van der Waals surface area contributed by atoms with Gasteiger partial charge in [-0.2, -0.15) is 0 Å². The highest BCUT2D eigenvalue weighted by molar-refractivity contribution is 5.60. The van der Waals surface area contributed by atoms with Gasteiger partial charge in [0, 0.05) is 17.3 Å². The van der Waals surface area contributed by atoms with Crippen molar-refractivity contribution >= 4 is 5.69 Å². The molecule has 1 aliphatic rings. The normalized spacial score (nSPS) is 17.0. The summed E-state index contributed by atoms with van der Waals surface area (Å²) in [4.78, 5) is 0. The second-order valence-electron chi connectivity index (χ2n) is 4.93. The molecular weight excluding hydrogens is 305 g/mol. The Morgan fingerprint density at radius 2 is 1.82 bits per heavy atom. The second kappa shape index (κ2) is 5.15. The van der Waals surface area contributed by atoms with E-state index in [2.05, 4.69) is 10.1 Å². The van der Waals surface area contributed by atoms with Crippen LogP contribution in [0.15, 0.2) is 36.4 Å². The molecule has 2 aromatic carbocycles. The van der Waals surface area contributed by atoms with Gasteiger partial charge < -0.3 is 10.1 Å². The number of hydrogen-bond acceptors (Lipinski definition) is 2. The Balaban J connectivity index is 1.83. The zero-order valence-electron chi connectivity index (χ0n) is 11.0. The molecule has 0 bridgehead atoms. The molecule has 0 aliphatic carbocycles. The molecule has 2 nitrogen and oxygen atoms in total. The van der Waals surface area contributed by atoms with E-state index in [1.54, 1.807) is 0 Å². The van der Waals surface area contributed by atoms with E-state index in [0.717, 1.165) is 12.1 Å². The fraction of sp³-hybridized carbons (Fsp3) is 0.200. The summed E-state index contributed by atoms with van der Waals surface area (Å²) in [6.45, 7) is 0. The SMILES string of the molecule is Fc1ccc(C2Cc3cc(OC(F)(F)F)ccc3N2)c(F)c1. The van der Waals surface area contributed by atoms with Gasteiger partial charge >= 0.3 is 6.36 Å². The predicted molar refractivity (Wildman–Crippen MR) is 69.6 cm³/mol. The first kappa shape index (κ1) is 14.6. The fourth-order valence-electron chi connectivity index (χ4n) is 2.51. The van der Waals surface area contributed by atoms with Gasteiger partial charge in [-0.15, -0.1) is 13.2 Å². The van der Waals surface area contributed by atoms with Gasteiger partial charge in [-0.1, -0.05) is 6.07 Å². The molecule has 0 fully saturated rings. The lowest BCUT2D eigenvalue weighted by molar-refractivity contribution is -0.274. The lowest BCUT2D eigenvalue weighted by Crippen LogP contribution is -2.17. The molecule has 1 N–H and O–H groups in total. The van der Waals surface area contributed by atoms with Crippen molar-refractivity contribution in [3.8, 4) is 5.75 Å². The topological polar surface area (TPSA) is 21.3 Å². The molecule has 0 spiro atoms. The first-order chi connectivity index (χ1) is 10.3. The summed E-state index contributed by atoms with van der Waals surface area (Å²) in [5.74, 6) is -1.71. The minimum absolute atomic E-state index is 0.260. The highest BCUT2D eigenvalue weighted by atomic mass is 19.4. The maximum Gasteiger partial charge on any atom is 0.573 e. The van der Waals surface area contributed by atoms with Crippen LogP contribution in [0.4, 0.5) is 27.6 Å². The molecule has 0 saturated heterocycles. The van der Waals surface area contributed by atoms with E-state index in [1.807, 2.05) is 0 Å². The van der Waals surface area contributed by atoms with Crippen molar-refractivity contribution in [1.29, 1.82) is 0 Å². The quantitative estimate of drug-likeness (QED) is 0.820. The molecule has 2 aromatic rings. The van der Waals surface area contributed by atoms with E-state index in [4.69, 9.17) is 0 Å². The molecule has 1 aliphatic heterocycles. The summed E-state index contributed by atoms with van der Waals surface area (Å²) in [7, 11) is 0. The maximum absolute atomic E-state index is 13.8. The minimum atomic E-state index is -4.76. The molecule has 22 heavy (non-hydrogen) atoms. The third-order valence-corrected chi connectivity index (χ3v) is 3.40. The van der Waals surface area contributed by atoms with Gasteiger partial charge in [0.1, 0.15) is 17.4 Å². The van der Waals surface area contributed by atoms with Crippen molar-refractivity contribution in [3.63, 3.8) is 0 Å². The van der Waals surface area contributed by atoms with Gasteiger partial charge in [-0.25, -0.2) is 8.78 Å². The molecule has 0 aromatic heterocycles. The van der Waals surface area contributed by atoms with Crippen LogP contribution in [0, 0.1) is 11.6 Å². The van der Waals surface area contributed by atoms with Crippen molar-refractivity contribution in [3.05, 3.63) is 59.2 Å². The standard InChI is InChI=1S/C15H10F5NO/c16-9-1-3-11(12(17)7-9)14-6-8-5-10(22-15(18,19)20)2-4-13(8)21-14/h1-5,7,14,21H,6H2. The van der Waals surface area contributed by atoms with Crippen molar-refractivity contribution in [1.82, 2.24) is 0 Å². The number of nitrogens with one attached hydrogen (secondary N) is 1. The average Bonchev–Trinajstić information content (AvgIpc) is 2.79. The highest BCUT2D eigenvalue weighted by Gasteiger charge is 2.32. The number of anilines is 1. The van der Waals surface area contributed by atoms with Crippen molar-refractivity contribution in [2.75, 3.05) is 5.32 Å². The summed E-state index contributed by atoms with van der Waals surface area (Å²) in [5, 5.41) is 3.00. The molecule has 116 valence electrons. The Labute approximate surface area is 122 Å². The zero-order valence-corrected chi connectivity index (χ0v) is 11.0. The van der Waals surface area contributed by atoms with Gasteiger partial charge in [0.05, 0.1) is 6.04 Å². The van der Waals surface area contributed by atoms with Crippen molar-refractivity contribution < 1.29 is 26.7 Å². The van der Waals surface area contributed by atoms with E-state index >= 15 is 0 Å². The number of fused-ring (bicyclic) bond motifs is 1. The Morgan fingerprint density at radius 3 is 2.50 bits per heavy atom. The molecule has 0 amide bonds. The number of alkyl halides is 3. The van der Waals surface area contributed by atoms with E-state index in [-0.39, 0.29) is 17.7 Å². The molecule has 0 radical (unpaired) electrons. The highest BCUT2D eigenvalue weighted by Crippen LogP contribution is 2.38. The van der Waals surface area contributed by atoms with Gasteiger partial charge in [-0.05, 0) is 36.2 Å². The number of benzene rings is 2. The smallest absolute Gasteiger partial charge is 0.406 e. The zero-order chi connectivity index (χ0) is 15.9. The van der Waals surface area contributed by atoms with Crippen LogP contribution in [-0.2, 0) is 6.42 Å². The van der Waals surface area contributed by atoms with Gasteiger partial charge in [0.2, 0.25) is 0 Å². The van der Waals surface area contributed by atoms with Crippen molar-refractivity contribution in [2.24, 2.45) is 0 Å². The summed E-state index contributed by atoms with van der Waals surface area (Å²) in [6, 6.07) is 6.66. The van der Waals surface area contributed by atoms with Crippen LogP contribution in [0.2, 0.25) is 0 Å². The van der Waals surface area contributed by atoms with Gasteiger partial charge in [0.25, 0.3) is 0 Å². The number of rotatable bonds is 2. The molecule has 1 atom stereocenters. The summed E-state index contributed by atoms with van der Waals surface area (Å²) in [6.07, 6.45) is -4.48. The lowest BCUT2D eigenvalue weighted by Gasteiger charge is -2.12. The average molecular weight is 315 g/mol. The van der Waals surface area contributed by atoms with Gasteiger partial charge in [-0.3, -0.25) is 0 Å². The van der Waals surface area contributed by atoms with E-state index in [1.165, 1.54) is 24.3 Å². The summed E-state index contributed by atoms with van der Waals surface area (Å²) < 4.78 is 67.2. The molecule has 0 saturated carbocycles. The van der Waals surface area contributed by atoms with Crippen LogP contribution in [-0.4, -0.2) is 6.36 Å². The van der Waals surface area contributed by atoms with Crippen LogP contribution < -0.4 is 10.1 Å². The van der Waals surface area contributed by atoms with Crippen LogP contribution in [0.25, 0.3) is 0 Å². The van der Waals surface area contributed by atoms with E-state index in [0.29, 0.717) is 11.3 Å². The number of halogens is 5. The molecule has 3 rings (SSSR count). The van der Waals surface area contributed by atoms with Crippen LogP contribution >= 0.6 is 0 Å². The van der Waals surface area contributed by atoms with Crippen LogP contribution in [0.1, 0.15) is 17.2 Å². The van der Waals surface area contributed by atoms with E-state index in [9.17, 15) is 22.0 Å². The second-order valence-corrected chi connectivity index (χ2v) is 4.93. The fourth-order valence-corrected chi connectivity index (χ4v) is 2.51. The van der Waals surface area contributed by atoms with Crippen LogP contribution in [0.3, 0.4) is 0 Å². The summed E-state index contributed by atoms with van der Waals surface area (Å²) >= 11 is 0. The van der Waals surface area contributed by atoms with Crippen LogP contribution in [0.5, 0.6) is 5.75 Å². The Morgan fingerprint density at radius 1 is 1.05 bits per heavy atom. The maximum atomic E-state index is 13.8. The summed E-state index contributed by atoms with van der Waals surface area (Å²) in [5.41, 5.74) is 1.44. The molecule has 1 unspecified atom stereocenters. The minimum Gasteiger partial charge on any atom is -0.406 e.